The van der Waals surface area contributed by atoms with Gasteiger partial charge >= 0.3 is 12.0 Å². The minimum Gasteiger partial charge on any atom is -0.481 e. The van der Waals surface area contributed by atoms with Crippen molar-refractivity contribution in [2.24, 2.45) is 5.92 Å². The molecule has 4 N–H and O–H groups in total. The summed E-state index contributed by atoms with van der Waals surface area (Å²) in [4.78, 5) is 33.4. The first-order chi connectivity index (χ1) is 8.88. The van der Waals surface area contributed by atoms with Crippen LogP contribution in [-0.4, -0.2) is 55.9 Å². The van der Waals surface area contributed by atoms with E-state index in [2.05, 4.69) is 16.0 Å². The molecule has 0 aliphatic carbocycles. The van der Waals surface area contributed by atoms with Gasteiger partial charge in [0, 0.05) is 20.2 Å². The van der Waals surface area contributed by atoms with Crippen molar-refractivity contribution in [1.82, 2.24) is 16.0 Å². The number of hydrogen-bond acceptors (Lipinski definition) is 4. The molecule has 110 valence electrons. The van der Waals surface area contributed by atoms with Crippen molar-refractivity contribution in [2.75, 3.05) is 26.8 Å². The second-order valence-electron chi connectivity index (χ2n) is 4.10. The zero-order valence-electron chi connectivity index (χ0n) is 11.4. The minimum atomic E-state index is -0.995. The van der Waals surface area contributed by atoms with E-state index in [9.17, 15) is 14.4 Å². The molecule has 2 atom stereocenters. The standard InChI is InChI=1S/C11H21N3O5/c1-7(10(16)17)6-13-11(18)14-8(2)9(15)12-4-5-19-3/h7-8H,4-6H2,1-3H3,(H,12,15)(H,16,17)(H2,13,14,18). The molecule has 0 aromatic heterocycles. The van der Waals surface area contributed by atoms with Crippen LogP contribution in [0.1, 0.15) is 13.8 Å². The number of carboxylic acids is 1. The monoisotopic (exact) mass is 275 g/mol. The van der Waals surface area contributed by atoms with Gasteiger partial charge in [-0.1, -0.05) is 6.92 Å². The van der Waals surface area contributed by atoms with Gasteiger partial charge in [0.1, 0.15) is 6.04 Å². The van der Waals surface area contributed by atoms with Crippen molar-refractivity contribution < 1.29 is 24.2 Å². The molecule has 0 radical (unpaired) electrons. The summed E-state index contributed by atoms with van der Waals surface area (Å²) >= 11 is 0. The van der Waals surface area contributed by atoms with Crippen molar-refractivity contribution in [3.05, 3.63) is 0 Å². The molecular weight excluding hydrogens is 254 g/mol. The number of carbonyl (C=O) groups excluding carboxylic acids is 2. The first kappa shape index (κ1) is 17.2. The topological polar surface area (TPSA) is 117 Å². The Hall–Kier alpha value is -1.83. The Balaban J connectivity index is 3.91. The molecule has 2 unspecified atom stereocenters. The maximum absolute atomic E-state index is 11.5. The minimum absolute atomic E-state index is 0.000813. The van der Waals surface area contributed by atoms with Crippen LogP contribution >= 0.6 is 0 Å². The molecule has 0 spiro atoms. The fourth-order valence-electron chi connectivity index (χ4n) is 1.08. The number of rotatable bonds is 8. The molecule has 0 aromatic rings. The largest absolute Gasteiger partial charge is 0.481 e. The van der Waals surface area contributed by atoms with Crippen molar-refractivity contribution in [2.45, 2.75) is 19.9 Å². The van der Waals surface area contributed by atoms with Crippen molar-refractivity contribution in [1.29, 1.82) is 0 Å². The van der Waals surface area contributed by atoms with Gasteiger partial charge in [-0.05, 0) is 6.92 Å². The van der Waals surface area contributed by atoms with Crippen LogP contribution in [0, 0.1) is 5.92 Å². The molecule has 0 aliphatic heterocycles. The third kappa shape index (κ3) is 7.98. The molecule has 8 nitrogen and oxygen atoms in total. The van der Waals surface area contributed by atoms with Gasteiger partial charge in [-0.25, -0.2) is 4.79 Å². The maximum atomic E-state index is 11.5. The molecule has 3 amide bonds. The molecule has 0 aliphatic rings. The highest BCUT2D eigenvalue weighted by Gasteiger charge is 2.16. The van der Waals surface area contributed by atoms with Gasteiger partial charge in [0.15, 0.2) is 0 Å². The summed E-state index contributed by atoms with van der Waals surface area (Å²) in [7, 11) is 1.52. The fraction of sp³-hybridized carbons (Fsp3) is 0.727. The lowest BCUT2D eigenvalue weighted by Crippen LogP contribution is -2.49. The molecule has 0 saturated heterocycles. The smallest absolute Gasteiger partial charge is 0.315 e. The molecule has 0 bridgehead atoms. The molecule has 0 saturated carbocycles. The average Bonchev–Trinajstić information content (AvgIpc) is 2.35. The van der Waals surface area contributed by atoms with Crippen LogP contribution in [0.3, 0.4) is 0 Å². The van der Waals surface area contributed by atoms with Crippen LogP contribution in [0.2, 0.25) is 0 Å². The Kier molecular flexibility index (Phi) is 8.27. The van der Waals surface area contributed by atoms with Gasteiger partial charge in [-0.2, -0.15) is 0 Å². The Morgan fingerprint density at radius 1 is 1.21 bits per heavy atom. The summed E-state index contributed by atoms with van der Waals surface area (Å²) in [5.74, 6) is -2.01. The SMILES string of the molecule is COCCNC(=O)C(C)NC(=O)NCC(C)C(=O)O. The number of methoxy groups -OCH3 is 1. The van der Waals surface area contributed by atoms with E-state index in [0.717, 1.165) is 0 Å². The van der Waals surface area contributed by atoms with E-state index in [1.807, 2.05) is 0 Å². The van der Waals surface area contributed by atoms with Crippen LogP contribution in [0.4, 0.5) is 4.79 Å². The van der Waals surface area contributed by atoms with E-state index in [1.165, 1.54) is 21.0 Å². The van der Waals surface area contributed by atoms with E-state index in [1.54, 1.807) is 0 Å². The highest BCUT2D eigenvalue weighted by molar-refractivity contribution is 5.86. The second kappa shape index (κ2) is 9.15. The highest BCUT2D eigenvalue weighted by Crippen LogP contribution is 1.91. The third-order valence-corrected chi connectivity index (χ3v) is 2.34. The molecule has 0 fully saturated rings. The number of carboxylic acid groups (broad SMARTS) is 1. The Labute approximate surface area is 111 Å². The van der Waals surface area contributed by atoms with E-state index in [0.29, 0.717) is 13.2 Å². The number of carbonyl (C=O) groups is 3. The summed E-state index contributed by atoms with van der Waals surface area (Å²) in [5.41, 5.74) is 0. The van der Waals surface area contributed by atoms with Crippen molar-refractivity contribution in [3.63, 3.8) is 0 Å². The predicted molar refractivity (Wildman–Crippen MR) is 67.7 cm³/mol. The number of aliphatic carboxylic acids is 1. The summed E-state index contributed by atoms with van der Waals surface area (Å²) < 4.78 is 4.77. The van der Waals surface area contributed by atoms with Gasteiger partial charge in [0.05, 0.1) is 12.5 Å². The molecule has 0 rings (SSSR count). The zero-order chi connectivity index (χ0) is 14.8. The molecule has 8 heteroatoms. The molecular formula is C11H21N3O5. The molecule has 0 aromatic carbocycles. The van der Waals surface area contributed by atoms with Crippen LogP contribution in [0.5, 0.6) is 0 Å². The number of urea groups is 1. The zero-order valence-corrected chi connectivity index (χ0v) is 11.4. The number of ether oxygens (including phenoxy) is 1. The Bertz CT molecular complexity index is 321. The third-order valence-electron chi connectivity index (χ3n) is 2.34. The Morgan fingerprint density at radius 3 is 2.37 bits per heavy atom. The quantitative estimate of drug-likeness (QED) is 0.431. The lowest BCUT2D eigenvalue weighted by atomic mass is 10.2. The lowest BCUT2D eigenvalue weighted by molar-refractivity contribution is -0.140. The summed E-state index contributed by atoms with van der Waals surface area (Å²) in [6.45, 7) is 3.75. The Morgan fingerprint density at radius 2 is 1.84 bits per heavy atom. The first-order valence-electron chi connectivity index (χ1n) is 5.92. The van der Waals surface area contributed by atoms with Crippen LogP contribution in [0.25, 0.3) is 0 Å². The normalized spacial score (nSPS) is 13.2. The highest BCUT2D eigenvalue weighted by atomic mass is 16.5. The average molecular weight is 275 g/mol. The molecule has 0 heterocycles. The van der Waals surface area contributed by atoms with Gasteiger partial charge < -0.3 is 25.8 Å². The van der Waals surface area contributed by atoms with Gasteiger partial charge in [0.25, 0.3) is 0 Å². The van der Waals surface area contributed by atoms with Gasteiger partial charge in [-0.15, -0.1) is 0 Å². The molecule has 19 heavy (non-hydrogen) atoms. The summed E-state index contributed by atoms with van der Waals surface area (Å²) in [5, 5.41) is 16.0. The number of amides is 3. The van der Waals surface area contributed by atoms with Crippen molar-refractivity contribution >= 4 is 17.9 Å². The van der Waals surface area contributed by atoms with Crippen LogP contribution in [0.15, 0.2) is 0 Å². The number of nitrogens with one attached hydrogen (secondary N) is 3. The lowest BCUT2D eigenvalue weighted by Gasteiger charge is -2.15. The summed E-state index contributed by atoms with van der Waals surface area (Å²) in [6, 6.07) is -1.29. The predicted octanol–water partition coefficient (Wildman–Crippen LogP) is -0.843. The van der Waals surface area contributed by atoms with Crippen LogP contribution < -0.4 is 16.0 Å². The van der Waals surface area contributed by atoms with E-state index < -0.39 is 24.0 Å². The first-order valence-corrected chi connectivity index (χ1v) is 5.92. The second-order valence-corrected chi connectivity index (χ2v) is 4.10. The number of hydrogen-bond donors (Lipinski definition) is 4. The van der Waals surface area contributed by atoms with E-state index in [-0.39, 0.29) is 12.5 Å². The van der Waals surface area contributed by atoms with E-state index >= 15 is 0 Å². The van der Waals surface area contributed by atoms with Crippen LogP contribution in [-0.2, 0) is 14.3 Å². The van der Waals surface area contributed by atoms with E-state index in [4.69, 9.17) is 9.84 Å². The summed E-state index contributed by atoms with van der Waals surface area (Å²) in [6.07, 6.45) is 0. The van der Waals surface area contributed by atoms with Crippen molar-refractivity contribution in [3.8, 4) is 0 Å². The fourth-order valence-corrected chi connectivity index (χ4v) is 1.08. The van der Waals surface area contributed by atoms with Gasteiger partial charge in [0.2, 0.25) is 5.91 Å². The van der Waals surface area contributed by atoms with Gasteiger partial charge in [-0.3, -0.25) is 9.59 Å². The maximum Gasteiger partial charge on any atom is 0.315 e.